The Kier molecular flexibility index (Phi) is 5.51. The van der Waals surface area contributed by atoms with Gasteiger partial charge < -0.3 is 16.1 Å². The van der Waals surface area contributed by atoms with Crippen molar-refractivity contribution in [3.8, 4) is 0 Å². The summed E-state index contributed by atoms with van der Waals surface area (Å²) in [4.78, 5) is 0.479. The molecule has 0 aliphatic heterocycles. The first-order chi connectivity index (χ1) is 10.2. The molecule has 21 heavy (non-hydrogen) atoms. The molecule has 114 valence electrons. The molecule has 0 spiro atoms. The first-order valence-corrected chi connectivity index (χ1v) is 7.30. The lowest BCUT2D eigenvalue weighted by molar-refractivity contribution is -0.672. The minimum atomic E-state index is 0.0469. The number of nitrogens with one attached hydrogen (secondary N) is 1. The van der Waals surface area contributed by atoms with E-state index in [-0.39, 0.29) is 11.5 Å². The van der Waals surface area contributed by atoms with E-state index in [0.717, 1.165) is 38.6 Å². The molecule has 0 aliphatic rings. The van der Waals surface area contributed by atoms with Crippen LogP contribution in [0.25, 0.3) is 11.0 Å². The molecule has 7 heteroatoms. The second kappa shape index (κ2) is 7.58. The van der Waals surface area contributed by atoms with Crippen molar-refractivity contribution in [1.29, 1.82) is 0 Å². The van der Waals surface area contributed by atoms with Crippen LogP contribution in [-0.4, -0.2) is 18.2 Å². The average molecular weight is 291 g/mol. The van der Waals surface area contributed by atoms with Crippen LogP contribution in [0.3, 0.4) is 0 Å². The van der Waals surface area contributed by atoms with Gasteiger partial charge in [-0.2, -0.15) is 0 Å². The van der Waals surface area contributed by atoms with Gasteiger partial charge in [-0.3, -0.25) is 5.32 Å². The molecule has 7 nitrogen and oxygen atoms in total. The molecule has 0 saturated heterocycles. The first-order valence-electron chi connectivity index (χ1n) is 7.30. The maximum absolute atomic E-state index is 12.1. The molecule has 0 saturated carbocycles. The summed E-state index contributed by atoms with van der Waals surface area (Å²) in [6.07, 6.45) is 5.31. The molecule has 0 amide bonds. The Morgan fingerprint density at radius 1 is 1.00 bits per heavy atom. The van der Waals surface area contributed by atoms with Crippen molar-refractivity contribution in [2.75, 3.05) is 18.4 Å². The summed E-state index contributed by atoms with van der Waals surface area (Å²) in [7, 11) is 0. The second-order valence-electron chi connectivity index (χ2n) is 4.96. The van der Waals surface area contributed by atoms with E-state index < -0.39 is 0 Å². The van der Waals surface area contributed by atoms with Crippen LogP contribution >= 0.6 is 0 Å². The highest BCUT2D eigenvalue weighted by molar-refractivity contribution is 5.67. The summed E-state index contributed by atoms with van der Waals surface area (Å²) in [6.45, 7) is 1.36. The SMILES string of the molecule is NCCCCCCCNc1n[n+]([O-])c2ccccc2[n+]1[O-]. The van der Waals surface area contributed by atoms with E-state index in [4.69, 9.17) is 5.73 Å². The van der Waals surface area contributed by atoms with Gasteiger partial charge in [-0.1, -0.05) is 31.4 Å². The summed E-state index contributed by atoms with van der Waals surface area (Å²) >= 11 is 0. The predicted molar refractivity (Wildman–Crippen MR) is 80.3 cm³/mol. The summed E-state index contributed by atoms with van der Waals surface area (Å²) in [5.41, 5.74) is 6.01. The van der Waals surface area contributed by atoms with E-state index >= 15 is 0 Å². The smallest absolute Gasteiger partial charge is 0.460 e. The fourth-order valence-corrected chi connectivity index (χ4v) is 2.20. The predicted octanol–water partition coefficient (Wildman–Crippen LogP) is 0.823. The van der Waals surface area contributed by atoms with Gasteiger partial charge in [0.1, 0.15) is 0 Å². The van der Waals surface area contributed by atoms with Gasteiger partial charge in [0.05, 0.1) is 6.54 Å². The number of fused-ring (bicyclic) bond motifs is 1. The zero-order valence-electron chi connectivity index (χ0n) is 12.0. The number of rotatable bonds is 8. The van der Waals surface area contributed by atoms with Crippen LogP contribution in [0.2, 0.25) is 0 Å². The van der Waals surface area contributed by atoms with E-state index in [9.17, 15) is 10.4 Å². The van der Waals surface area contributed by atoms with Crippen LogP contribution in [-0.2, 0) is 0 Å². The largest absolute Gasteiger partial charge is 0.739 e. The zero-order chi connectivity index (χ0) is 15.1. The van der Waals surface area contributed by atoms with Crippen LogP contribution in [0.4, 0.5) is 5.95 Å². The molecule has 1 heterocycles. The summed E-state index contributed by atoms with van der Waals surface area (Å²) in [5.74, 6) is 0.0469. The molecule has 0 aliphatic carbocycles. The lowest BCUT2D eigenvalue weighted by atomic mass is 10.1. The highest BCUT2D eigenvalue weighted by Crippen LogP contribution is 2.06. The maximum atomic E-state index is 12.1. The van der Waals surface area contributed by atoms with Crippen LogP contribution in [0.15, 0.2) is 24.3 Å². The summed E-state index contributed by atoms with van der Waals surface area (Å²) in [5, 5.41) is 30.5. The highest BCUT2D eigenvalue weighted by atomic mass is 16.5. The van der Waals surface area contributed by atoms with E-state index in [1.807, 2.05) is 0 Å². The van der Waals surface area contributed by atoms with Gasteiger partial charge in [0.15, 0.2) is 5.52 Å². The van der Waals surface area contributed by atoms with Gasteiger partial charge in [-0.05, 0) is 25.5 Å². The topological polar surface area (TPSA) is 105 Å². The summed E-state index contributed by atoms with van der Waals surface area (Å²) in [6, 6.07) is 6.60. The third-order valence-corrected chi connectivity index (χ3v) is 3.35. The number of para-hydroxylation sites is 2. The number of hydrogen-bond donors (Lipinski definition) is 2. The number of benzene rings is 1. The third-order valence-electron chi connectivity index (χ3n) is 3.35. The fraction of sp³-hybridized carbons (Fsp3) is 0.500. The first kappa shape index (κ1) is 15.2. The Balaban J connectivity index is 1.92. The number of anilines is 1. The molecule has 3 N–H and O–H groups in total. The maximum Gasteiger partial charge on any atom is 0.460 e. The Morgan fingerprint density at radius 3 is 2.43 bits per heavy atom. The number of unbranched alkanes of at least 4 members (excludes halogenated alkanes) is 4. The average Bonchev–Trinajstić information content (AvgIpc) is 2.51. The van der Waals surface area contributed by atoms with E-state index in [2.05, 4.69) is 10.4 Å². The molecule has 0 bridgehead atoms. The van der Waals surface area contributed by atoms with Crippen molar-refractivity contribution in [2.45, 2.75) is 32.1 Å². The lowest BCUT2D eigenvalue weighted by Crippen LogP contribution is -2.44. The minimum Gasteiger partial charge on any atom is -0.739 e. The van der Waals surface area contributed by atoms with Gasteiger partial charge in [0.2, 0.25) is 5.10 Å². The molecule has 2 rings (SSSR count). The molecular formula is C14H21N5O2. The van der Waals surface area contributed by atoms with Gasteiger partial charge >= 0.3 is 5.95 Å². The standard InChI is InChI=1S/C14H21N5O2/c15-10-6-2-1-3-7-11-16-14-17-19(21)13-9-5-4-8-12(13)18(14)20/h4-5,8-9H,1-3,6-7,10-11,15H2,(H,16,17). The Morgan fingerprint density at radius 2 is 1.67 bits per heavy atom. The number of nitrogens with zero attached hydrogens (tertiary/aromatic N) is 3. The van der Waals surface area contributed by atoms with Crippen LogP contribution < -0.4 is 20.6 Å². The Labute approximate surface area is 123 Å². The number of hydrogen-bond acceptors (Lipinski definition) is 5. The van der Waals surface area contributed by atoms with E-state index in [0.29, 0.717) is 21.6 Å². The van der Waals surface area contributed by atoms with Crippen molar-refractivity contribution in [1.82, 2.24) is 5.10 Å². The normalized spacial score (nSPS) is 10.9. The molecule has 0 unspecified atom stereocenters. The fourth-order valence-electron chi connectivity index (χ4n) is 2.20. The van der Waals surface area contributed by atoms with Crippen LogP contribution in [0.1, 0.15) is 32.1 Å². The van der Waals surface area contributed by atoms with Gasteiger partial charge in [-0.25, -0.2) is 4.73 Å². The molecular weight excluding hydrogens is 270 g/mol. The molecule has 0 fully saturated rings. The zero-order valence-corrected chi connectivity index (χ0v) is 12.0. The molecule has 1 aromatic carbocycles. The quantitative estimate of drug-likeness (QED) is 0.425. The summed E-state index contributed by atoms with van der Waals surface area (Å²) < 4.78 is 0.665. The second-order valence-corrected chi connectivity index (χ2v) is 4.96. The minimum absolute atomic E-state index is 0.0469. The number of aromatic nitrogens is 3. The molecule has 0 radical (unpaired) electrons. The van der Waals surface area contributed by atoms with Gasteiger partial charge in [-0.15, -0.1) is 0 Å². The van der Waals surface area contributed by atoms with Crippen LogP contribution in [0.5, 0.6) is 0 Å². The van der Waals surface area contributed by atoms with Crippen molar-refractivity contribution in [3.05, 3.63) is 34.7 Å². The van der Waals surface area contributed by atoms with Crippen molar-refractivity contribution in [2.24, 2.45) is 5.73 Å². The third kappa shape index (κ3) is 3.91. The highest BCUT2D eigenvalue weighted by Gasteiger charge is 2.18. The van der Waals surface area contributed by atoms with E-state index in [1.165, 1.54) is 0 Å². The molecule has 0 atom stereocenters. The Hall–Kier alpha value is -2.15. The van der Waals surface area contributed by atoms with Crippen LogP contribution in [0, 0.1) is 10.4 Å². The van der Waals surface area contributed by atoms with Crippen molar-refractivity contribution in [3.63, 3.8) is 0 Å². The van der Waals surface area contributed by atoms with E-state index in [1.54, 1.807) is 24.3 Å². The number of nitrogens with two attached hydrogens (primary N) is 1. The van der Waals surface area contributed by atoms with Gasteiger partial charge in [0.25, 0.3) is 5.52 Å². The van der Waals surface area contributed by atoms with Gasteiger partial charge in [0, 0.05) is 10.9 Å². The monoisotopic (exact) mass is 291 g/mol. The lowest BCUT2D eigenvalue weighted by Gasteiger charge is -2.09. The molecule has 2 aromatic rings. The van der Waals surface area contributed by atoms with Crippen molar-refractivity contribution >= 4 is 17.0 Å². The molecule has 1 aromatic heterocycles. The van der Waals surface area contributed by atoms with Crippen molar-refractivity contribution < 1.29 is 9.58 Å². The Bertz CT molecular complexity index is 591.